The van der Waals surface area contributed by atoms with Gasteiger partial charge in [0.25, 0.3) is 0 Å². The summed E-state index contributed by atoms with van der Waals surface area (Å²) < 4.78 is 2.10. The topological polar surface area (TPSA) is 75.6 Å². The van der Waals surface area contributed by atoms with E-state index in [9.17, 15) is 4.79 Å². The number of H-pyrrole nitrogens is 1. The number of fused-ring (bicyclic) bond motifs is 1. The molecule has 0 unspecified atom stereocenters. The first-order valence-electron chi connectivity index (χ1n) is 7.54. The molecule has 0 aliphatic heterocycles. The molecule has 0 spiro atoms. The van der Waals surface area contributed by atoms with Crippen molar-refractivity contribution in [2.24, 2.45) is 0 Å². The second kappa shape index (κ2) is 6.58. The molecule has 0 aliphatic carbocycles. The number of pyridine rings is 1. The highest BCUT2D eigenvalue weighted by Crippen LogP contribution is 2.23. The van der Waals surface area contributed by atoms with Crippen LogP contribution < -0.4 is 5.32 Å². The highest BCUT2D eigenvalue weighted by atomic mass is 32.1. The van der Waals surface area contributed by atoms with E-state index in [0.29, 0.717) is 16.3 Å². The maximum Gasteiger partial charge on any atom is 0.244 e. The first-order chi connectivity index (χ1) is 12.2. The average Bonchev–Trinajstić information content (AvgIpc) is 3.25. The molecular formula is C17H13N5OS2. The zero-order valence-electron chi connectivity index (χ0n) is 13.0. The molecule has 4 aromatic rings. The molecule has 0 saturated carbocycles. The number of benzene rings is 1. The van der Waals surface area contributed by atoms with Gasteiger partial charge in [-0.2, -0.15) is 5.10 Å². The van der Waals surface area contributed by atoms with Crippen LogP contribution >= 0.6 is 23.6 Å². The maximum atomic E-state index is 12.4. The molecule has 0 saturated heterocycles. The quantitative estimate of drug-likeness (QED) is 0.537. The first-order valence-corrected chi connectivity index (χ1v) is 8.83. The van der Waals surface area contributed by atoms with E-state index in [1.807, 2.05) is 47.8 Å². The van der Waals surface area contributed by atoms with Gasteiger partial charge in [0.1, 0.15) is 6.54 Å². The van der Waals surface area contributed by atoms with Gasteiger partial charge in [0, 0.05) is 5.39 Å². The van der Waals surface area contributed by atoms with Crippen molar-refractivity contribution in [3.63, 3.8) is 0 Å². The zero-order chi connectivity index (χ0) is 17.2. The number of thiophene rings is 1. The number of carbonyl (C=O) groups excluding carboxylic acids is 1. The van der Waals surface area contributed by atoms with Crippen molar-refractivity contribution in [1.82, 2.24) is 19.7 Å². The second-order valence-electron chi connectivity index (χ2n) is 5.38. The number of carbonyl (C=O) groups is 1. The van der Waals surface area contributed by atoms with Crippen LogP contribution in [0.2, 0.25) is 0 Å². The molecule has 25 heavy (non-hydrogen) atoms. The Labute approximate surface area is 152 Å². The zero-order valence-corrected chi connectivity index (χ0v) is 14.6. The molecule has 0 fully saturated rings. The van der Waals surface area contributed by atoms with Crippen LogP contribution in [0.3, 0.4) is 0 Å². The predicted molar refractivity (Wildman–Crippen MR) is 101 cm³/mol. The predicted octanol–water partition coefficient (Wildman–Crippen LogP) is 3.86. The Morgan fingerprint density at radius 3 is 3.00 bits per heavy atom. The van der Waals surface area contributed by atoms with Gasteiger partial charge >= 0.3 is 0 Å². The van der Waals surface area contributed by atoms with Gasteiger partial charge in [-0.1, -0.05) is 24.3 Å². The second-order valence-corrected chi connectivity index (χ2v) is 6.72. The summed E-state index contributed by atoms with van der Waals surface area (Å²) in [6, 6.07) is 13.5. The molecule has 124 valence electrons. The molecule has 3 heterocycles. The minimum atomic E-state index is -0.188. The van der Waals surface area contributed by atoms with E-state index in [2.05, 4.69) is 20.5 Å². The summed E-state index contributed by atoms with van der Waals surface area (Å²) in [5.41, 5.74) is 1.54. The minimum Gasteiger partial charge on any atom is -0.323 e. The van der Waals surface area contributed by atoms with Crippen molar-refractivity contribution in [1.29, 1.82) is 0 Å². The Morgan fingerprint density at radius 2 is 2.16 bits per heavy atom. The van der Waals surface area contributed by atoms with E-state index < -0.39 is 0 Å². The van der Waals surface area contributed by atoms with Gasteiger partial charge in [-0.15, -0.1) is 11.3 Å². The van der Waals surface area contributed by atoms with Gasteiger partial charge in [-0.3, -0.25) is 19.4 Å². The summed E-state index contributed by atoms with van der Waals surface area (Å²) in [7, 11) is 0. The Kier molecular flexibility index (Phi) is 4.12. The van der Waals surface area contributed by atoms with E-state index in [0.717, 1.165) is 15.8 Å². The van der Waals surface area contributed by atoms with Crippen molar-refractivity contribution >= 4 is 46.1 Å². The number of rotatable bonds is 4. The van der Waals surface area contributed by atoms with Crippen LogP contribution in [0.1, 0.15) is 0 Å². The number of nitrogens with zero attached hydrogens (tertiary/aromatic N) is 3. The third-order valence-corrected chi connectivity index (χ3v) is 4.85. The number of anilines is 1. The van der Waals surface area contributed by atoms with Gasteiger partial charge in [-0.25, -0.2) is 0 Å². The number of aromatic nitrogens is 4. The maximum absolute atomic E-state index is 12.4. The highest BCUT2D eigenvalue weighted by molar-refractivity contribution is 7.71. The molecule has 8 heteroatoms. The molecule has 4 rings (SSSR count). The van der Waals surface area contributed by atoms with Gasteiger partial charge in [0.05, 0.1) is 22.3 Å². The largest absolute Gasteiger partial charge is 0.323 e. The van der Waals surface area contributed by atoms with Crippen molar-refractivity contribution in [2.45, 2.75) is 6.54 Å². The van der Waals surface area contributed by atoms with Crippen LogP contribution in [-0.2, 0) is 11.3 Å². The number of hydrogen-bond donors (Lipinski definition) is 2. The van der Waals surface area contributed by atoms with Crippen LogP contribution in [0.25, 0.3) is 21.6 Å². The number of para-hydroxylation sites is 1. The SMILES string of the molecule is O=C(Cn1c(-c2cccs2)n[nH]c1=S)Nc1cnc2ccccc2c1. The summed E-state index contributed by atoms with van der Waals surface area (Å²) in [6.45, 7) is 0.0788. The lowest BCUT2D eigenvalue weighted by atomic mass is 10.2. The number of hydrogen-bond acceptors (Lipinski definition) is 5. The van der Waals surface area contributed by atoms with E-state index >= 15 is 0 Å². The van der Waals surface area contributed by atoms with E-state index in [-0.39, 0.29) is 12.5 Å². The van der Waals surface area contributed by atoms with Crippen molar-refractivity contribution in [3.8, 4) is 10.7 Å². The fourth-order valence-corrected chi connectivity index (χ4v) is 3.46. The van der Waals surface area contributed by atoms with E-state index in [4.69, 9.17) is 12.2 Å². The monoisotopic (exact) mass is 367 g/mol. The third-order valence-electron chi connectivity index (χ3n) is 3.68. The Hall–Kier alpha value is -2.84. The van der Waals surface area contributed by atoms with Crippen LogP contribution in [0.15, 0.2) is 54.0 Å². The first kappa shape index (κ1) is 15.7. The number of aromatic amines is 1. The Balaban J connectivity index is 1.56. The van der Waals surface area contributed by atoms with E-state index in [1.165, 1.54) is 0 Å². The fraction of sp³-hybridized carbons (Fsp3) is 0.0588. The van der Waals surface area contributed by atoms with Crippen LogP contribution in [0.5, 0.6) is 0 Å². The molecule has 6 nitrogen and oxygen atoms in total. The van der Waals surface area contributed by atoms with Gasteiger partial charge in [-0.05, 0) is 35.8 Å². The summed E-state index contributed by atoms with van der Waals surface area (Å²) in [6.07, 6.45) is 1.65. The molecular weight excluding hydrogens is 354 g/mol. The summed E-state index contributed by atoms with van der Waals surface area (Å²) in [4.78, 5) is 17.7. The summed E-state index contributed by atoms with van der Waals surface area (Å²) >= 11 is 6.79. The molecule has 2 N–H and O–H groups in total. The normalized spacial score (nSPS) is 10.9. The lowest BCUT2D eigenvalue weighted by Gasteiger charge is -2.08. The highest BCUT2D eigenvalue weighted by Gasteiger charge is 2.13. The van der Waals surface area contributed by atoms with Crippen molar-refractivity contribution in [2.75, 3.05) is 5.32 Å². The Bertz CT molecular complexity index is 1100. The average molecular weight is 367 g/mol. The summed E-state index contributed by atoms with van der Waals surface area (Å²) in [5, 5.41) is 12.8. The standard InChI is InChI=1S/C17H13N5OS2/c23-15(19-12-8-11-4-1-2-5-13(11)18-9-12)10-22-16(20-21-17(22)24)14-6-3-7-25-14/h1-9H,10H2,(H,19,23)(H,21,24). The van der Waals surface area contributed by atoms with Crippen LogP contribution in [0.4, 0.5) is 5.69 Å². The lowest BCUT2D eigenvalue weighted by molar-refractivity contribution is -0.116. The molecule has 3 aromatic heterocycles. The smallest absolute Gasteiger partial charge is 0.244 e. The molecule has 1 aromatic carbocycles. The van der Waals surface area contributed by atoms with Gasteiger partial charge < -0.3 is 5.32 Å². The fourth-order valence-electron chi connectivity index (χ4n) is 2.54. The van der Waals surface area contributed by atoms with Gasteiger partial charge in [0.2, 0.25) is 5.91 Å². The molecule has 0 bridgehead atoms. The molecule has 0 atom stereocenters. The minimum absolute atomic E-state index is 0.0788. The number of amides is 1. The Morgan fingerprint density at radius 1 is 1.28 bits per heavy atom. The number of nitrogens with one attached hydrogen (secondary N) is 2. The third kappa shape index (κ3) is 3.21. The van der Waals surface area contributed by atoms with E-state index in [1.54, 1.807) is 22.1 Å². The van der Waals surface area contributed by atoms with Crippen LogP contribution in [-0.4, -0.2) is 25.7 Å². The molecule has 1 amide bonds. The summed E-state index contributed by atoms with van der Waals surface area (Å²) in [5.74, 6) is 0.471. The van der Waals surface area contributed by atoms with Crippen LogP contribution in [0, 0.1) is 4.77 Å². The molecule has 0 aliphatic rings. The van der Waals surface area contributed by atoms with Gasteiger partial charge in [0.15, 0.2) is 10.6 Å². The molecule has 0 radical (unpaired) electrons. The van der Waals surface area contributed by atoms with Crippen molar-refractivity contribution < 1.29 is 4.79 Å². The van der Waals surface area contributed by atoms with Crippen molar-refractivity contribution in [3.05, 3.63) is 58.8 Å². The lowest BCUT2D eigenvalue weighted by Crippen LogP contribution is -2.19.